The SMILES string of the molecule is CCN(CC)CCOc1ccccc1CNC(=O)c1cc(F)ccc1C. The molecule has 0 saturated heterocycles. The van der Waals surface area contributed by atoms with Gasteiger partial charge in [-0.2, -0.15) is 0 Å². The number of nitrogens with one attached hydrogen (secondary N) is 1. The molecule has 0 bridgehead atoms. The van der Waals surface area contributed by atoms with Gasteiger partial charge in [-0.15, -0.1) is 0 Å². The van der Waals surface area contributed by atoms with Gasteiger partial charge in [-0.1, -0.05) is 38.1 Å². The van der Waals surface area contributed by atoms with Gasteiger partial charge in [-0.3, -0.25) is 4.79 Å². The maximum absolute atomic E-state index is 13.4. The molecule has 2 rings (SSSR count). The van der Waals surface area contributed by atoms with E-state index in [0.717, 1.165) is 36.5 Å². The molecule has 2 aromatic carbocycles. The first kappa shape index (κ1) is 19.9. The fraction of sp³-hybridized carbons (Fsp3) is 0.381. The number of ether oxygens (including phenoxy) is 1. The van der Waals surface area contributed by atoms with Crippen LogP contribution in [-0.4, -0.2) is 37.0 Å². The van der Waals surface area contributed by atoms with Gasteiger partial charge in [0.05, 0.1) is 0 Å². The molecular formula is C21H27FN2O2. The van der Waals surface area contributed by atoms with Crippen molar-refractivity contribution in [2.45, 2.75) is 27.3 Å². The molecule has 1 amide bonds. The number of carbonyl (C=O) groups is 1. The van der Waals surface area contributed by atoms with Crippen molar-refractivity contribution >= 4 is 5.91 Å². The molecule has 0 atom stereocenters. The molecule has 2 aromatic rings. The van der Waals surface area contributed by atoms with E-state index >= 15 is 0 Å². The molecule has 4 nitrogen and oxygen atoms in total. The van der Waals surface area contributed by atoms with Crippen molar-refractivity contribution in [2.75, 3.05) is 26.2 Å². The standard InChI is InChI=1S/C21H27FN2O2/c1-4-24(5-2)12-13-26-20-9-7-6-8-17(20)15-23-21(25)19-14-18(22)11-10-16(19)3/h6-11,14H,4-5,12-13,15H2,1-3H3,(H,23,25). The maximum Gasteiger partial charge on any atom is 0.251 e. The van der Waals surface area contributed by atoms with E-state index in [2.05, 4.69) is 24.1 Å². The summed E-state index contributed by atoms with van der Waals surface area (Å²) >= 11 is 0. The first-order chi connectivity index (χ1) is 12.5. The monoisotopic (exact) mass is 358 g/mol. The van der Waals surface area contributed by atoms with Crippen molar-refractivity contribution in [1.29, 1.82) is 0 Å². The predicted molar refractivity (Wildman–Crippen MR) is 102 cm³/mol. The average molecular weight is 358 g/mol. The van der Waals surface area contributed by atoms with Gasteiger partial charge in [0.15, 0.2) is 0 Å². The van der Waals surface area contributed by atoms with Crippen LogP contribution in [0, 0.1) is 12.7 Å². The molecule has 0 aliphatic carbocycles. The van der Waals surface area contributed by atoms with Crippen LogP contribution in [0.3, 0.4) is 0 Å². The van der Waals surface area contributed by atoms with Crippen LogP contribution in [0.15, 0.2) is 42.5 Å². The molecule has 0 aliphatic rings. The molecule has 0 radical (unpaired) electrons. The Labute approximate surface area is 155 Å². The zero-order valence-electron chi connectivity index (χ0n) is 15.7. The highest BCUT2D eigenvalue weighted by Gasteiger charge is 2.11. The van der Waals surface area contributed by atoms with Gasteiger partial charge in [0.25, 0.3) is 5.91 Å². The van der Waals surface area contributed by atoms with Gasteiger partial charge in [0.2, 0.25) is 0 Å². The molecule has 0 aromatic heterocycles. The summed E-state index contributed by atoms with van der Waals surface area (Å²) in [6, 6.07) is 11.9. The van der Waals surface area contributed by atoms with Crippen LogP contribution in [0.25, 0.3) is 0 Å². The molecule has 140 valence electrons. The molecule has 0 fully saturated rings. The summed E-state index contributed by atoms with van der Waals surface area (Å²) in [5, 5.41) is 2.85. The number of likely N-dealkylation sites (N-methyl/N-ethyl adjacent to an activating group) is 1. The summed E-state index contributed by atoms with van der Waals surface area (Å²) in [6.07, 6.45) is 0. The highest BCUT2D eigenvalue weighted by Crippen LogP contribution is 2.18. The number of aryl methyl sites for hydroxylation is 1. The number of carbonyl (C=O) groups excluding carboxylic acids is 1. The van der Waals surface area contributed by atoms with Crippen molar-refractivity contribution in [3.8, 4) is 5.75 Å². The van der Waals surface area contributed by atoms with E-state index in [1.165, 1.54) is 12.1 Å². The number of hydrogen-bond donors (Lipinski definition) is 1. The van der Waals surface area contributed by atoms with Crippen molar-refractivity contribution in [2.24, 2.45) is 0 Å². The molecule has 0 aliphatic heterocycles. The minimum Gasteiger partial charge on any atom is -0.492 e. The summed E-state index contributed by atoms with van der Waals surface area (Å²) in [6.45, 7) is 9.80. The summed E-state index contributed by atoms with van der Waals surface area (Å²) in [5.74, 6) is 0.0525. The van der Waals surface area contributed by atoms with Crippen LogP contribution in [-0.2, 0) is 6.54 Å². The van der Waals surface area contributed by atoms with Crippen LogP contribution >= 0.6 is 0 Å². The third-order valence-electron chi connectivity index (χ3n) is 4.42. The van der Waals surface area contributed by atoms with Gasteiger partial charge in [0, 0.05) is 24.2 Å². The van der Waals surface area contributed by atoms with Gasteiger partial charge in [-0.05, 0) is 43.8 Å². The molecule has 1 N–H and O–H groups in total. The molecule has 0 unspecified atom stereocenters. The fourth-order valence-corrected chi connectivity index (χ4v) is 2.72. The summed E-state index contributed by atoms with van der Waals surface area (Å²) in [4.78, 5) is 14.6. The number of hydrogen-bond acceptors (Lipinski definition) is 3. The Kier molecular flexibility index (Phi) is 7.60. The number of amides is 1. The van der Waals surface area contributed by atoms with Crippen LogP contribution in [0.4, 0.5) is 4.39 Å². The smallest absolute Gasteiger partial charge is 0.251 e. The van der Waals surface area contributed by atoms with Crippen molar-refractivity contribution < 1.29 is 13.9 Å². The molecule has 0 heterocycles. The molecule has 26 heavy (non-hydrogen) atoms. The van der Waals surface area contributed by atoms with E-state index in [4.69, 9.17) is 4.74 Å². The number of benzene rings is 2. The Balaban J connectivity index is 1.97. The first-order valence-corrected chi connectivity index (χ1v) is 9.02. The normalized spacial score (nSPS) is 10.8. The second-order valence-corrected chi connectivity index (χ2v) is 6.12. The van der Waals surface area contributed by atoms with Crippen LogP contribution < -0.4 is 10.1 Å². The van der Waals surface area contributed by atoms with Crippen LogP contribution in [0.1, 0.15) is 35.3 Å². The van der Waals surface area contributed by atoms with E-state index < -0.39 is 5.82 Å². The van der Waals surface area contributed by atoms with E-state index in [1.807, 2.05) is 24.3 Å². The van der Waals surface area contributed by atoms with Crippen molar-refractivity contribution in [3.05, 3.63) is 65.0 Å². The molecule has 0 saturated carbocycles. The van der Waals surface area contributed by atoms with Crippen molar-refractivity contribution in [1.82, 2.24) is 10.2 Å². The fourth-order valence-electron chi connectivity index (χ4n) is 2.72. The highest BCUT2D eigenvalue weighted by molar-refractivity contribution is 5.95. The topological polar surface area (TPSA) is 41.6 Å². The zero-order valence-corrected chi connectivity index (χ0v) is 15.7. The van der Waals surface area contributed by atoms with Crippen molar-refractivity contribution in [3.63, 3.8) is 0 Å². The predicted octanol–water partition coefficient (Wildman–Crippen LogP) is 3.78. The Morgan fingerprint density at radius 1 is 1.15 bits per heavy atom. The summed E-state index contributed by atoms with van der Waals surface area (Å²) in [5.41, 5.74) is 1.99. The lowest BCUT2D eigenvalue weighted by Crippen LogP contribution is -2.28. The quantitative estimate of drug-likeness (QED) is 0.742. The minimum atomic E-state index is -0.416. The third-order valence-corrected chi connectivity index (χ3v) is 4.42. The molecule has 0 spiro atoms. The zero-order chi connectivity index (χ0) is 18.9. The van der Waals surface area contributed by atoms with Gasteiger partial charge in [0.1, 0.15) is 18.2 Å². The number of nitrogens with zero attached hydrogens (tertiary/aromatic N) is 1. The molecule has 5 heteroatoms. The van der Waals surface area contributed by atoms with E-state index in [1.54, 1.807) is 13.0 Å². The summed E-state index contributed by atoms with van der Waals surface area (Å²) < 4.78 is 19.3. The van der Waals surface area contributed by atoms with Crippen LogP contribution in [0.2, 0.25) is 0 Å². The van der Waals surface area contributed by atoms with E-state index in [0.29, 0.717) is 18.7 Å². The van der Waals surface area contributed by atoms with Gasteiger partial charge in [-0.25, -0.2) is 4.39 Å². The first-order valence-electron chi connectivity index (χ1n) is 9.02. The lowest BCUT2D eigenvalue weighted by molar-refractivity contribution is 0.0949. The Hall–Kier alpha value is -2.40. The largest absolute Gasteiger partial charge is 0.492 e. The minimum absolute atomic E-state index is 0.292. The maximum atomic E-state index is 13.4. The van der Waals surface area contributed by atoms with Gasteiger partial charge >= 0.3 is 0 Å². The Morgan fingerprint density at radius 3 is 2.62 bits per heavy atom. The number of rotatable bonds is 9. The lowest BCUT2D eigenvalue weighted by Gasteiger charge is -2.19. The highest BCUT2D eigenvalue weighted by atomic mass is 19.1. The van der Waals surface area contributed by atoms with Crippen LogP contribution in [0.5, 0.6) is 5.75 Å². The van der Waals surface area contributed by atoms with E-state index in [9.17, 15) is 9.18 Å². The lowest BCUT2D eigenvalue weighted by atomic mass is 10.1. The number of halogens is 1. The second kappa shape index (κ2) is 9.92. The average Bonchev–Trinajstić information content (AvgIpc) is 2.66. The van der Waals surface area contributed by atoms with Gasteiger partial charge < -0.3 is 15.0 Å². The Bertz CT molecular complexity index is 730. The molecular weight excluding hydrogens is 331 g/mol. The Morgan fingerprint density at radius 2 is 1.88 bits per heavy atom. The third kappa shape index (κ3) is 5.56. The number of para-hydroxylation sites is 1. The second-order valence-electron chi connectivity index (χ2n) is 6.12. The summed E-state index contributed by atoms with van der Waals surface area (Å²) in [7, 11) is 0. The van der Waals surface area contributed by atoms with E-state index in [-0.39, 0.29) is 5.91 Å².